The molecule has 55 heavy (non-hydrogen) atoms. The van der Waals surface area contributed by atoms with Gasteiger partial charge in [0.05, 0.1) is 5.52 Å². The number of nitrogens with zero attached hydrogens (tertiary/aromatic N) is 2. The van der Waals surface area contributed by atoms with Crippen molar-refractivity contribution in [3.05, 3.63) is 206 Å². The minimum Gasteiger partial charge on any atom is -0.295 e. The standard InChI is InChI=1S/C53H34N2/c1-4-17-36(18-5-1)49-43-25-11-12-26-44(43)50(37-19-6-2-7-20-37)53-46-32-31-41(42-27-15-28-45(51(42)46)52(49)53)38-21-14-24-40(34-38)55(39-22-8-3-9-23-39)48-33-30-35-16-10-13-29-47(35)54-48/h1-34H. The second kappa shape index (κ2) is 12.7. The van der Waals surface area contributed by atoms with Crippen LogP contribution in [0.15, 0.2) is 206 Å². The van der Waals surface area contributed by atoms with Crippen LogP contribution in [0.5, 0.6) is 0 Å². The Kier molecular flexibility index (Phi) is 7.21. The molecule has 10 aromatic rings. The summed E-state index contributed by atoms with van der Waals surface area (Å²) < 4.78 is 0. The molecule has 1 aromatic heterocycles. The molecule has 2 heteroatoms. The zero-order chi connectivity index (χ0) is 36.3. The maximum absolute atomic E-state index is 5.15. The lowest BCUT2D eigenvalue weighted by atomic mass is 9.82. The second-order valence-corrected chi connectivity index (χ2v) is 14.2. The lowest BCUT2D eigenvalue weighted by Gasteiger charge is -2.25. The lowest BCUT2D eigenvalue weighted by molar-refractivity contribution is 1.21. The molecule has 9 aromatic carbocycles. The molecule has 1 aliphatic carbocycles. The minimum absolute atomic E-state index is 0.881. The van der Waals surface area contributed by atoms with E-state index in [2.05, 4.69) is 211 Å². The Balaban J connectivity index is 1.15. The molecule has 256 valence electrons. The maximum Gasteiger partial charge on any atom is 0.138 e. The van der Waals surface area contributed by atoms with E-state index in [-0.39, 0.29) is 0 Å². The van der Waals surface area contributed by atoms with Crippen molar-refractivity contribution in [1.82, 2.24) is 4.98 Å². The molecule has 1 heterocycles. The summed E-state index contributed by atoms with van der Waals surface area (Å²) in [5.74, 6) is 0.881. The fraction of sp³-hybridized carbons (Fsp3) is 0. The molecule has 0 atom stereocenters. The third-order valence-electron chi connectivity index (χ3n) is 11.2. The number of benzene rings is 9. The zero-order valence-corrected chi connectivity index (χ0v) is 30.0. The van der Waals surface area contributed by atoms with E-state index in [9.17, 15) is 0 Å². The van der Waals surface area contributed by atoms with Gasteiger partial charge in [-0.1, -0.05) is 164 Å². The predicted octanol–water partition coefficient (Wildman–Crippen LogP) is 14.7. The van der Waals surface area contributed by atoms with Crippen LogP contribution in [0.1, 0.15) is 0 Å². The first-order chi connectivity index (χ1) is 27.3. The number of anilines is 3. The highest BCUT2D eigenvalue weighted by molar-refractivity contribution is 6.28. The Labute approximate surface area is 320 Å². The highest BCUT2D eigenvalue weighted by Crippen LogP contribution is 2.58. The highest BCUT2D eigenvalue weighted by Gasteiger charge is 2.31. The van der Waals surface area contributed by atoms with E-state index in [1.54, 1.807) is 0 Å². The molecule has 0 spiro atoms. The first kappa shape index (κ1) is 31.3. The Morgan fingerprint density at radius 3 is 1.56 bits per heavy atom. The monoisotopic (exact) mass is 698 g/mol. The van der Waals surface area contributed by atoms with Crippen LogP contribution in [0.3, 0.4) is 0 Å². The number of para-hydroxylation sites is 2. The molecule has 0 N–H and O–H groups in total. The molecule has 0 saturated carbocycles. The van der Waals surface area contributed by atoms with Gasteiger partial charge in [-0.2, -0.15) is 0 Å². The summed E-state index contributed by atoms with van der Waals surface area (Å²) in [6.07, 6.45) is 0. The lowest BCUT2D eigenvalue weighted by Crippen LogP contribution is -2.11. The van der Waals surface area contributed by atoms with Crippen molar-refractivity contribution in [3.63, 3.8) is 0 Å². The topological polar surface area (TPSA) is 16.1 Å². The smallest absolute Gasteiger partial charge is 0.138 e. The van der Waals surface area contributed by atoms with Crippen molar-refractivity contribution in [2.45, 2.75) is 0 Å². The normalized spacial score (nSPS) is 11.6. The fourth-order valence-electron chi connectivity index (χ4n) is 8.84. The van der Waals surface area contributed by atoms with Crippen LogP contribution in [0.2, 0.25) is 0 Å². The Bertz CT molecular complexity index is 2990. The van der Waals surface area contributed by atoms with Gasteiger partial charge in [-0.3, -0.25) is 4.90 Å². The predicted molar refractivity (Wildman–Crippen MR) is 232 cm³/mol. The van der Waals surface area contributed by atoms with Gasteiger partial charge in [0, 0.05) is 16.8 Å². The van der Waals surface area contributed by atoms with Crippen LogP contribution in [-0.4, -0.2) is 4.98 Å². The average molecular weight is 699 g/mol. The quantitative estimate of drug-likeness (QED) is 0.172. The Morgan fingerprint density at radius 2 is 0.855 bits per heavy atom. The first-order valence-corrected chi connectivity index (χ1v) is 18.9. The maximum atomic E-state index is 5.15. The van der Waals surface area contributed by atoms with Gasteiger partial charge in [0.15, 0.2) is 0 Å². The van der Waals surface area contributed by atoms with Crippen molar-refractivity contribution in [3.8, 4) is 55.6 Å². The molecule has 0 bridgehead atoms. The number of pyridine rings is 1. The summed E-state index contributed by atoms with van der Waals surface area (Å²) in [7, 11) is 0. The molecular weight excluding hydrogens is 665 g/mol. The van der Waals surface area contributed by atoms with Crippen LogP contribution < -0.4 is 4.90 Å². The molecule has 0 unspecified atom stereocenters. The first-order valence-electron chi connectivity index (χ1n) is 18.9. The van der Waals surface area contributed by atoms with E-state index < -0.39 is 0 Å². The van der Waals surface area contributed by atoms with E-state index in [0.717, 1.165) is 33.7 Å². The number of hydrogen-bond acceptors (Lipinski definition) is 2. The summed E-state index contributed by atoms with van der Waals surface area (Å²) in [6.45, 7) is 0. The Hall–Kier alpha value is -7.29. The number of fused-ring (bicyclic) bond motifs is 5. The molecule has 0 fully saturated rings. The molecule has 0 radical (unpaired) electrons. The van der Waals surface area contributed by atoms with Crippen molar-refractivity contribution < 1.29 is 0 Å². The fourth-order valence-corrected chi connectivity index (χ4v) is 8.84. The molecule has 11 rings (SSSR count). The zero-order valence-electron chi connectivity index (χ0n) is 30.0. The van der Waals surface area contributed by atoms with Crippen LogP contribution in [0.25, 0.3) is 88.1 Å². The van der Waals surface area contributed by atoms with E-state index in [1.807, 2.05) is 0 Å². The third-order valence-corrected chi connectivity index (χ3v) is 11.2. The van der Waals surface area contributed by atoms with Crippen LogP contribution >= 0.6 is 0 Å². The summed E-state index contributed by atoms with van der Waals surface area (Å²) in [5, 5.41) is 6.22. The van der Waals surface area contributed by atoms with Gasteiger partial charge in [-0.05, 0) is 120 Å². The molecule has 0 saturated heterocycles. The van der Waals surface area contributed by atoms with Crippen molar-refractivity contribution >= 4 is 49.6 Å². The average Bonchev–Trinajstić information content (AvgIpc) is 3.58. The van der Waals surface area contributed by atoms with E-state index in [4.69, 9.17) is 4.98 Å². The summed E-state index contributed by atoms with van der Waals surface area (Å²) in [4.78, 5) is 7.41. The summed E-state index contributed by atoms with van der Waals surface area (Å²) in [6, 6.07) is 74.4. The van der Waals surface area contributed by atoms with Gasteiger partial charge in [-0.15, -0.1) is 0 Å². The van der Waals surface area contributed by atoms with E-state index in [1.165, 1.54) is 71.6 Å². The molecule has 1 aliphatic rings. The molecular formula is C53H34N2. The molecule has 0 amide bonds. The van der Waals surface area contributed by atoms with Crippen LogP contribution in [0, 0.1) is 0 Å². The largest absolute Gasteiger partial charge is 0.295 e. The molecule has 2 nitrogen and oxygen atoms in total. The molecule has 0 aliphatic heterocycles. The second-order valence-electron chi connectivity index (χ2n) is 14.2. The third kappa shape index (κ3) is 5.00. The van der Waals surface area contributed by atoms with Gasteiger partial charge in [0.2, 0.25) is 0 Å². The van der Waals surface area contributed by atoms with Crippen LogP contribution in [0.4, 0.5) is 17.2 Å². The summed E-state index contributed by atoms with van der Waals surface area (Å²) >= 11 is 0. The van der Waals surface area contributed by atoms with Gasteiger partial charge in [0.25, 0.3) is 0 Å². The van der Waals surface area contributed by atoms with Crippen LogP contribution in [-0.2, 0) is 0 Å². The SMILES string of the molecule is c1ccc(-c2c3c(c(-c4ccccc4)c4ccccc24)-c2ccc(-c4cccc(N(c5ccccc5)c5ccc6ccccc6n5)c4)c4cccc-3c24)cc1. The Morgan fingerprint density at radius 1 is 0.327 bits per heavy atom. The summed E-state index contributed by atoms with van der Waals surface area (Å²) in [5.41, 5.74) is 15.7. The van der Waals surface area contributed by atoms with Gasteiger partial charge in [0.1, 0.15) is 5.82 Å². The number of hydrogen-bond donors (Lipinski definition) is 0. The van der Waals surface area contributed by atoms with E-state index >= 15 is 0 Å². The van der Waals surface area contributed by atoms with Crippen molar-refractivity contribution in [2.75, 3.05) is 4.90 Å². The number of rotatable bonds is 6. The minimum atomic E-state index is 0.881. The number of aromatic nitrogens is 1. The van der Waals surface area contributed by atoms with Crippen molar-refractivity contribution in [2.24, 2.45) is 0 Å². The van der Waals surface area contributed by atoms with Crippen molar-refractivity contribution in [1.29, 1.82) is 0 Å². The van der Waals surface area contributed by atoms with Gasteiger partial charge < -0.3 is 0 Å². The van der Waals surface area contributed by atoms with E-state index in [0.29, 0.717) is 0 Å². The van der Waals surface area contributed by atoms with Gasteiger partial charge >= 0.3 is 0 Å². The van der Waals surface area contributed by atoms with Gasteiger partial charge in [-0.25, -0.2) is 4.98 Å². The highest BCUT2D eigenvalue weighted by atomic mass is 15.2.